The molecule has 0 bridgehead atoms. The van der Waals surface area contributed by atoms with Gasteiger partial charge in [-0.1, -0.05) is 31.4 Å². The Labute approximate surface area is 218 Å². The average Bonchev–Trinajstić information content (AvgIpc) is 3.14. The lowest BCUT2D eigenvalue weighted by molar-refractivity contribution is -0.140. The highest BCUT2D eigenvalue weighted by molar-refractivity contribution is 6.46. The largest absolute Gasteiger partial charge is 0.507 e. The molecule has 2 aromatic rings. The Bertz CT molecular complexity index is 1220. The van der Waals surface area contributed by atoms with Gasteiger partial charge in [0.05, 0.1) is 18.7 Å². The van der Waals surface area contributed by atoms with Crippen LogP contribution in [0.5, 0.6) is 17.2 Å². The van der Waals surface area contributed by atoms with E-state index < -0.39 is 17.7 Å². The van der Waals surface area contributed by atoms with E-state index in [9.17, 15) is 14.7 Å². The van der Waals surface area contributed by atoms with Crippen molar-refractivity contribution in [3.05, 3.63) is 84.0 Å². The number of Topliss-reactive ketones (excluding diaryl/α,β-unsaturated/α-hetero) is 1. The first-order valence-electron chi connectivity index (χ1n) is 11.9. The summed E-state index contributed by atoms with van der Waals surface area (Å²) >= 11 is 0. The molecular weight excluding hydrogens is 472 g/mol. The first-order valence-corrected chi connectivity index (χ1v) is 11.9. The van der Waals surface area contributed by atoms with E-state index in [1.54, 1.807) is 48.6 Å². The SMILES string of the molecule is C=CCOc1ccc(C(O)=C2C(=O)C(=O)N(CCN(C)C)C2c2ccc(OCC=C)c(OC)c2)c(C)c1. The average molecular weight is 507 g/mol. The van der Waals surface area contributed by atoms with Crippen molar-refractivity contribution in [3.63, 3.8) is 0 Å². The van der Waals surface area contributed by atoms with Gasteiger partial charge in [-0.05, 0) is 62.5 Å². The van der Waals surface area contributed by atoms with Crippen molar-refractivity contribution in [3.8, 4) is 17.2 Å². The molecular formula is C29H34N2O6. The molecule has 37 heavy (non-hydrogen) atoms. The fourth-order valence-electron chi connectivity index (χ4n) is 4.18. The van der Waals surface area contributed by atoms with Crippen LogP contribution in [0, 0.1) is 6.92 Å². The number of hydrogen-bond acceptors (Lipinski definition) is 7. The zero-order valence-electron chi connectivity index (χ0n) is 21.8. The van der Waals surface area contributed by atoms with Crippen molar-refractivity contribution in [1.29, 1.82) is 0 Å². The lowest BCUT2D eigenvalue weighted by Crippen LogP contribution is -2.35. The summed E-state index contributed by atoms with van der Waals surface area (Å²) in [7, 11) is 5.29. The second kappa shape index (κ2) is 12.3. The van der Waals surface area contributed by atoms with E-state index >= 15 is 0 Å². The van der Waals surface area contributed by atoms with Crippen molar-refractivity contribution in [2.24, 2.45) is 0 Å². The number of ether oxygens (including phenoxy) is 3. The molecule has 2 aromatic carbocycles. The van der Waals surface area contributed by atoms with Gasteiger partial charge < -0.3 is 29.1 Å². The molecule has 8 heteroatoms. The molecule has 1 fully saturated rings. The normalized spacial score (nSPS) is 16.7. The summed E-state index contributed by atoms with van der Waals surface area (Å²) in [6, 6.07) is 9.57. The van der Waals surface area contributed by atoms with Crippen molar-refractivity contribution >= 4 is 17.4 Å². The Morgan fingerprint density at radius 3 is 2.38 bits per heavy atom. The number of benzene rings is 2. The molecule has 0 radical (unpaired) electrons. The van der Waals surface area contributed by atoms with Crippen LogP contribution in [0.3, 0.4) is 0 Å². The van der Waals surface area contributed by atoms with E-state index in [1.165, 1.54) is 12.0 Å². The van der Waals surface area contributed by atoms with Crippen LogP contribution < -0.4 is 14.2 Å². The van der Waals surface area contributed by atoms with E-state index in [0.717, 1.165) is 0 Å². The Hall–Kier alpha value is -4.04. The van der Waals surface area contributed by atoms with Crippen LogP contribution in [0.15, 0.2) is 67.3 Å². The van der Waals surface area contributed by atoms with Gasteiger partial charge in [-0.2, -0.15) is 0 Å². The van der Waals surface area contributed by atoms with Gasteiger partial charge in [0.2, 0.25) is 0 Å². The number of ketones is 1. The summed E-state index contributed by atoms with van der Waals surface area (Å²) in [4.78, 5) is 29.9. The predicted octanol–water partition coefficient (Wildman–Crippen LogP) is 4.12. The maximum absolute atomic E-state index is 13.3. The minimum atomic E-state index is -0.807. The quantitative estimate of drug-likeness (QED) is 0.201. The van der Waals surface area contributed by atoms with Gasteiger partial charge in [-0.25, -0.2) is 0 Å². The summed E-state index contributed by atoms with van der Waals surface area (Å²) in [5, 5.41) is 11.4. The molecule has 1 amide bonds. The topological polar surface area (TPSA) is 88.5 Å². The molecule has 8 nitrogen and oxygen atoms in total. The summed E-state index contributed by atoms with van der Waals surface area (Å²) in [6.45, 7) is 10.6. The molecule has 1 aliphatic heterocycles. The molecule has 1 atom stereocenters. The van der Waals surface area contributed by atoms with Crippen molar-refractivity contribution in [2.75, 3.05) is 47.5 Å². The number of rotatable bonds is 12. The Kier molecular flexibility index (Phi) is 9.14. The maximum atomic E-state index is 13.3. The third kappa shape index (κ3) is 6.03. The fourth-order valence-corrected chi connectivity index (χ4v) is 4.18. The second-order valence-corrected chi connectivity index (χ2v) is 8.88. The molecule has 0 spiro atoms. The van der Waals surface area contributed by atoms with E-state index in [2.05, 4.69) is 13.2 Å². The summed E-state index contributed by atoms with van der Waals surface area (Å²) in [6.07, 6.45) is 3.26. The van der Waals surface area contributed by atoms with Crippen LogP contribution in [-0.4, -0.2) is 74.1 Å². The summed E-state index contributed by atoms with van der Waals surface area (Å²) in [5.74, 6) is -0.0902. The lowest BCUT2D eigenvalue weighted by atomic mass is 9.93. The Balaban J connectivity index is 2.15. The van der Waals surface area contributed by atoms with Gasteiger partial charge >= 0.3 is 0 Å². The summed E-state index contributed by atoms with van der Waals surface area (Å²) < 4.78 is 16.8. The fraction of sp³-hybridized carbons (Fsp3) is 0.310. The van der Waals surface area contributed by atoms with Crippen LogP contribution >= 0.6 is 0 Å². The standard InChI is InChI=1S/C29H34N2O6/c1-7-15-36-21-10-11-22(19(3)17-21)27(32)25-26(31(14-13-30(4)5)29(34)28(25)33)20-9-12-23(37-16-8-2)24(18-20)35-6/h7-12,17-18,26,32H,1-2,13-16H2,3-6H3. The first-order chi connectivity index (χ1) is 17.7. The molecule has 3 rings (SSSR count). The van der Waals surface area contributed by atoms with Gasteiger partial charge in [0.15, 0.2) is 11.5 Å². The number of aliphatic hydroxyl groups is 1. The van der Waals surface area contributed by atoms with Gasteiger partial charge in [-0.3, -0.25) is 9.59 Å². The Morgan fingerprint density at radius 2 is 1.76 bits per heavy atom. The van der Waals surface area contributed by atoms with Gasteiger partial charge in [0.1, 0.15) is 24.7 Å². The van der Waals surface area contributed by atoms with Crippen molar-refractivity contribution in [1.82, 2.24) is 9.80 Å². The highest BCUT2D eigenvalue weighted by Gasteiger charge is 2.46. The number of aliphatic hydroxyl groups excluding tert-OH is 1. The number of aryl methyl sites for hydroxylation is 1. The van der Waals surface area contributed by atoms with Gasteiger partial charge in [0, 0.05) is 18.7 Å². The maximum Gasteiger partial charge on any atom is 0.295 e. The number of methoxy groups -OCH3 is 1. The molecule has 0 aromatic heterocycles. The molecule has 196 valence electrons. The third-order valence-electron chi connectivity index (χ3n) is 6.01. The van der Waals surface area contributed by atoms with E-state index in [-0.39, 0.29) is 11.3 Å². The molecule has 1 N–H and O–H groups in total. The van der Waals surface area contributed by atoms with Crippen LogP contribution in [-0.2, 0) is 9.59 Å². The monoisotopic (exact) mass is 506 g/mol. The number of nitrogens with zero attached hydrogens (tertiary/aromatic N) is 2. The number of carbonyl (C=O) groups excluding carboxylic acids is 2. The minimum absolute atomic E-state index is 0.0217. The van der Waals surface area contributed by atoms with Gasteiger partial charge in [-0.15, -0.1) is 0 Å². The number of carbonyl (C=O) groups is 2. The van der Waals surface area contributed by atoms with Crippen LogP contribution in [0.25, 0.3) is 5.76 Å². The van der Waals surface area contributed by atoms with Gasteiger partial charge in [0.25, 0.3) is 11.7 Å². The van der Waals surface area contributed by atoms with E-state index in [1.807, 2.05) is 25.9 Å². The molecule has 1 aliphatic rings. The van der Waals surface area contributed by atoms with Crippen molar-refractivity contribution in [2.45, 2.75) is 13.0 Å². The highest BCUT2D eigenvalue weighted by atomic mass is 16.5. The molecule has 0 saturated carbocycles. The van der Waals surface area contributed by atoms with E-state index in [4.69, 9.17) is 14.2 Å². The number of amides is 1. The van der Waals surface area contributed by atoms with Crippen LogP contribution in [0.4, 0.5) is 0 Å². The highest BCUT2D eigenvalue weighted by Crippen LogP contribution is 2.42. The Morgan fingerprint density at radius 1 is 1.05 bits per heavy atom. The minimum Gasteiger partial charge on any atom is -0.507 e. The van der Waals surface area contributed by atoms with Crippen LogP contribution in [0.1, 0.15) is 22.7 Å². The molecule has 1 saturated heterocycles. The second-order valence-electron chi connectivity index (χ2n) is 8.88. The van der Waals surface area contributed by atoms with Crippen LogP contribution in [0.2, 0.25) is 0 Å². The lowest BCUT2D eigenvalue weighted by Gasteiger charge is -2.27. The number of likely N-dealkylation sites (tertiary alicyclic amines) is 1. The van der Waals surface area contributed by atoms with Crippen molar-refractivity contribution < 1.29 is 28.9 Å². The molecule has 0 aliphatic carbocycles. The predicted molar refractivity (Wildman–Crippen MR) is 143 cm³/mol. The summed E-state index contributed by atoms with van der Waals surface area (Å²) in [5.41, 5.74) is 1.78. The van der Waals surface area contributed by atoms with E-state index in [0.29, 0.717) is 60.2 Å². The molecule has 1 unspecified atom stereocenters. The zero-order chi connectivity index (χ0) is 27.1. The first kappa shape index (κ1) is 27.5. The third-order valence-corrected chi connectivity index (χ3v) is 6.01. The number of likely N-dealkylation sites (N-methyl/N-ethyl adjacent to an activating group) is 1. The molecule has 1 heterocycles. The smallest absolute Gasteiger partial charge is 0.295 e. The zero-order valence-corrected chi connectivity index (χ0v) is 21.8. The number of hydrogen-bond donors (Lipinski definition) is 1.